The van der Waals surface area contributed by atoms with Crippen LogP contribution in [0.25, 0.3) is 0 Å². The maximum absolute atomic E-state index is 12.5. The van der Waals surface area contributed by atoms with Crippen molar-refractivity contribution in [3.63, 3.8) is 0 Å². The average molecular weight is 278 g/mol. The van der Waals surface area contributed by atoms with Crippen LogP contribution >= 0.6 is 11.8 Å². The molecule has 0 amide bonds. The summed E-state index contributed by atoms with van der Waals surface area (Å²) in [7, 11) is 0. The number of Topliss-reactive ketones (excluding diaryl/α,β-unsaturated/α-hetero) is 2. The number of rotatable bonds is 7. The molecule has 1 atom stereocenters. The zero-order valence-electron chi connectivity index (χ0n) is 12.1. The molecule has 3 heteroatoms. The third-order valence-electron chi connectivity index (χ3n) is 2.82. The van der Waals surface area contributed by atoms with Crippen molar-refractivity contribution in [1.29, 1.82) is 0 Å². The lowest BCUT2D eigenvalue weighted by Gasteiger charge is -2.18. The van der Waals surface area contributed by atoms with Gasteiger partial charge in [-0.05, 0) is 5.25 Å². The Kier molecular flexibility index (Phi) is 6.29. The lowest BCUT2D eigenvalue weighted by molar-refractivity contribution is -0.121. The monoisotopic (exact) mass is 278 g/mol. The van der Waals surface area contributed by atoms with E-state index in [2.05, 4.69) is 13.8 Å². The Labute approximate surface area is 120 Å². The molecule has 1 unspecified atom stereocenters. The Bertz CT molecular complexity index is 424. The first kappa shape index (κ1) is 16.0. The van der Waals surface area contributed by atoms with Gasteiger partial charge in [0, 0.05) is 17.9 Å². The summed E-state index contributed by atoms with van der Waals surface area (Å²) in [6.07, 6.45) is 0.328. The highest BCUT2D eigenvalue weighted by atomic mass is 32.2. The normalized spacial score (nSPS) is 12.7. The van der Waals surface area contributed by atoms with Gasteiger partial charge in [-0.3, -0.25) is 9.59 Å². The fraction of sp³-hybridized carbons (Fsp3) is 0.500. The maximum Gasteiger partial charge on any atom is 0.176 e. The number of benzene rings is 1. The van der Waals surface area contributed by atoms with E-state index >= 15 is 0 Å². The second kappa shape index (κ2) is 7.49. The molecule has 0 saturated carbocycles. The van der Waals surface area contributed by atoms with Crippen molar-refractivity contribution < 1.29 is 9.59 Å². The highest BCUT2D eigenvalue weighted by molar-refractivity contribution is 8.01. The molecule has 19 heavy (non-hydrogen) atoms. The highest BCUT2D eigenvalue weighted by Gasteiger charge is 2.25. The molecule has 0 fully saturated rings. The Morgan fingerprint density at radius 2 is 1.63 bits per heavy atom. The van der Waals surface area contributed by atoms with E-state index in [9.17, 15) is 9.59 Å². The van der Waals surface area contributed by atoms with Crippen LogP contribution in [0.1, 0.15) is 44.5 Å². The first-order chi connectivity index (χ1) is 8.91. The summed E-state index contributed by atoms with van der Waals surface area (Å²) in [5.74, 6) is 0.203. The summed E-state index contributed by atoms with van der Waals surface area (Å²) < 4.78 is 0. The largest absolute Gasteiger partial charge is 0.299 e. The van der Waals surface area contributed by atoms with Crippen LogP contribution in [-0.4, -0.2) is 22.1 Å². The standard InChI is InChI=1S/C16H22O2S/c1-11(2)14(17)10-15(19-12(3)4)16(18)13-8-6-5-7-9-13/h5-9,11-12,15H,10H2,1-4H3. The Morgan fingerprint density at radius 1 is 1.05 bits per heavy atom. The maximum atomic E-state index is 12.5. The number of carbonyl (C=O) groups excluding carboxylic acids is 2. The van der Waals surface area contributed by atoms with Gasteiger partial charge in [-0.2, -0.15) is 0 Å². The quantitative estimate of drug-likeness (QED) is 0.707. The molecule has 0 radical (unpaired) electrons. The highest BCUT2D eigenvalue weighted by Crippen LogP contribution is 2.25. The smallest absolute Gasteiger partial charge is 0.176 e. The predicted octanol–water partition coefficient (Wildman–Crippen LogP) is 3.99. The minimum atomic E-state index is -0.266. The molecular weight excluding hydrogens is 256 g/mol. The second-order valence-corrected chi connectivity index (χ2v) is 7.01. The Morgan fingerprint density at radius 3 is 2.11 bits per heavy atom. The van der Waals surface area contributed by atoms with E-state index < -0.39 is 0 Å². The molecule has 0 heterocycles. The predicted molar refractivity (Wildman–Crippen MR) is 81.7 cm³/mol. The van der Waals surface area contributed by atoms with E-state index in [-0.39, 0.29) is 22.7 Å². The van der Waals surface area contributed by atoms with Crippen molar-refractivity contribution in [2.75, 3.05) is 0 Å². The van der Waals surface area contributed by atoms with Crippen molar-refractivity contribution in [3.8, 4) is 0 Å². The van der Waals surface area contributed by atoms with Gasteiger partial charge in [-0.15, -0.1) is 11.8 Å². The lowest BCUT2D eigenvalue weighted by Crippen LogP contribution is -2.25. The van der Waals surface area contributed by atoms with Gasteiger partial charge in [0.05, 0.1) is 5.25 Å². The summed E-state index contributed by atoms with van der Waals surface area (Å²) in [6, 6.07) is 9.23. The van der Waals surface area contributed by atoms with Gasteiger partial charge in [-0.1, -0.05) is 58.0 Å². The van der Waals surface area contributed by atoms with Crippen LogP contribution in [0.4, 0.5) is 0 Å². The molecule has 0 N–H and O–H groups in total. The van der Waals surface area contributed by atoms with E-state index in [0.29, 0.717) is 17.2 Å². The average Bonchev–Trinajstić information content (AvgIpc) is 2.37. The van der Waals surface area contributed by atoms with Gasteiger partial charge >= 0.3 is 0 Å². The van der Waals surface area contributed by atoms with Gasteiger partial charge in [-0.25, -0.2) is 0 Å². The molecule has 104 valence electrons. The van der Waals surface area contributed by atoms with Gasteiger partial charge in [0.2, 0.25) is 0 Å². The second-order valence-electron chi connectivity index (χ2n) is 5.23. The van der Waals surface area contributed by atoms with E-state index in [1.807, 2.05) is 44.2 Å². The summed E-state index contributed by atoms with van der Waals surface area (Å²) in [6.45, 7) is 7.87. The molecule has 0 aliphatic rings. The van der Waals surface area contributed by atoms with Crippen molar-refractivity contribution in [2.24, 2.45) is 5.92 Å². The number of hydrogen-bond donors (Lipinski definition) is 0. The number of thioether (sulfide) groups is 1. The van der Waals surface area contributed by atoms with Gasteiger partial charge < -0.3 is 0 Å². The van der Waals surface area contributed by atoms with Crippen molar-refractivity contribution >= 4 is 23.3 Å². The number of carbonyl (C=O) groups is 2. The van der Waals surface area contributed by atoms with Crippen molar-refractivity contribution in [1.82, 2.24) is 0 Å². The van der Waals surface area contributed by atoms with Gasteiger partial charge in [0.1, 0.15) is 5.78 Å². The molecule has 1 rings (SSSR count). The van der Waals surface area contributed by atoms with Crippen LogP contribution < -0.4 is 0 Å². The first-order valence-electron chi connectivity index (χ1n) is 6.69. The van der Waals surface area contributed by atoms with Crippen molar-refractivity contribution in [3.05, 3.63) is 35.9 Å². The third-order valence-corrected chi connectivity index (χ3v) is 4.07. The number of ketones is 2. The minimum absolute atomic E-state index is 0.0150. The molecule has 1 aromatic rings. The van der Waals surface area contributed by atoms with E-state index in [4.69, 9.17) is 0 Å². The molecule has 0 saturated heterocycles. The molecular formula is C16H22O2S. The topological polar surface area (TPSA) is 34.1 Å². The summed E-state index contributed by atoms with van der Waals surface area (Å²) in [5, 5.41) is 0.0647. The van der Waals surface area contributed by atoms with Crippen LogP contribution in [-0.2, 0) is 4.79 Å². The molecule has 0 aromatic heterocycles. The van der Waals surface area contributed by atoms with Crippen LogP contribution in [0.15, 0.2) is 30.3 Å². The van der Waals surface area contributed by atoms with Crippen LogP contribution in [0, 0.1) is 5.92 Å². The lowest BCUT2D eigenvalue weighted by atomic mass is 9.99. The Balaban J connectivity index is 2.85. The van der Waals surface area contributed by atoms with Gasteiger partial charge in [0.25, 0.3) is 0 Å². The summed E-state index contributed by atoms with van der Waals surface area (Å²) in [5.41, 5.74) is 0.692. The molecule has 0 aliphatic heterocycles. The minimum Gasteiger partial charge on any atom is -0.299 e. The fourth-order valence-electron chi connectivity index (χ4n) is 1.74. The van der Waals surface area contributed by atoms with E-state index in [1.165, 1.54) is 0 Å². The third kappa shape index (κ3) is 5.19. The van der Waals surface area contributed by atoms with Crippen LogP contribution in [0.2, 0.25) is 0 Å². The zero-order chi connectivity index (χ0) is 14.4. The van der Waals surface area contributed by atoms with Crippen LogP contribution in [0.5, 0.6) is 0 Å². The van der Waals surface area contributed by atoms with Crippen molar-refractivity contribution in [2.45, 2.75) is 44.6 Å². The van der Waals surface area contributed by atoms with Crippen LogP contribution in [0.3, 0.4) is 0 Å². The van der Waals surface area contributed by atoms with Gasteiger partial charge in [0.15, 0.2) is 5.78 Å². The molecule has 0 bridgehead atoms. The number of hydrogen-bond acceptors (Lipinski definition) is 3. The SMILES string of the molecule is CC(C)SC(CC(=O)C(C)C)C(=O)c1ccccc1. The molecule has 0 aliphatic carbocycles. The molecule has 0 spiro atoms. The van der Waals surface area contributed by atoms with E-state index in [1.54, 1.807) is 11.8 Å². The molecule has 2 nitrogen and oxygen atoms in total. The zero-order valence-corrected chi connectivity index (χ0v) is 12.9. The fourth-order valence-corrected chi connectivity index (χ4v) is 2.92. The Hall–Kier alpha value is -1.09. The first-order valence-corrected chi connectivity index (χ1v) is 7.63. The summed E-state index contributed by atoms with van der Waals surface area (Å²) in [4.78, 5) is 24.4. The van der Waals surface area contributed by atoms with E-state index in [0.717, 1.165) is 0 Å². The summed E-state index contributed by atoms with van der Waals surface area (Å²) >= 11 is 1.58. The molecule has 1 aromatic carbocycles.